The molecule has 1 fully saturated rings. The van der Waals surface area contributed by atoms with Gasteiger partial charge in [-0.1, -0.05) is 6.92 Å². The Labute approximate surface area is 89.2 Å². The van der Waals surface area contributed by atoms with Gasteiger partial charge < -0.3 is 4.57 Å². The molecule has 0 aromatic carbocycles. The third-order valence-electron chi connectivity index (χ3n) is 3.47. The number of hydrogen-bond donors (Lipinski definition) is 0. The van der Waals surface area contributed by atoms with Gasteiger partial charge in [0.25, 0.3) is 0 Å². The molecule has 0 saturated heterocycles. The van der Waals surface area contributed by atoms with Gasteiger partial charge in [-0.3, -0.25) is 4.98 Å². The van der Waals surface area contributed by atoms with Crippen LogP contribution in [0, 0.1) is 6.92 Å². The van der Waals surface area contributed by atoms with Gasteiger partial charge in [0.05, 0.1) is 5.69 Å². The Morgan fingerprint density at radius 2 is 2.13 bits per heavy atom. The lowest BCUT2D eigenvalue weighted by molar-refractivity contribution is 0.696. The van der Waals surface area contributed by atoms with Crippen molar-refractivity contribution in [1.29, 1.82) is 0 Å². The van der Waals surface area contributed by atoms with Crippen LogP contribution >= 0.6 is 0 Å². The quantitative estimate of drug-likeness (QED) is 0.709. The van der Waals surface area contributed by atoms with Crippen molar-refractivity contribution in [2.45, 2.75) is 32.1 Å². The van der Waals surface area contributed by atoms with Crippen LogP contribution in [0.2, 0.25) is 0 Å². The predicted octanol–water partition coefficient (Wildman–Crippen LogP) is 2.33. The summed E-state index contributed by atoms with van der Waals surface area (Å²) < 4.78 is 2.20. The third kappa shape index (κ3) is 1.19. The summed E-state index contributed by atoms with van der Waals surface area (Å²) >= 11 is 0. The second kappa shape index (κ2) is 2.60. The predicted molar refractivity (Wildman–Crippen MR) is 59.8 cm³/mol. The van der Waals surface area contributed by atoms with Crippen LogP contribution in [0.5, 0.6) is 0 Å². The molecule has 15 heavy (non-hydrogen) atoms. The Morgan fingerprint density at radius 1 is 1.40 bits per heavy atom. The molecule has 1 aliphatic rings. The van der Waals surface area contributed by atoms with Crippen LogP contribution < -0.4 is 0 Å². The highest BCUT2D eigenvalue weighted by atomic mass is 15.1. The zero-order chi connectivity index (χ0) is 10.6. The highest BCUT2D eigenvalue weighted by Gasteiger charge is 2.41. The smallest absolute Gasteiger partial charge is 0.158 e. The van der Waals surface area contributed by atoms with Gasteiger partial charge in [0.1, 0.15) is 5.52 Å². The first-order valence-corrected chi connectivity index (χ1v) is 5.40. The molecule has 3 heteroatoms. The Kier molecular flexibility index (Phi) is 1.54. The molecule has 0 atom stereocenters. The number of hydrogen-bond acceptors (Lipinski definition) is 2. The number of aryl methyl sites for hydroxylation is 2. The fourth-order valence-corrected chi connectivity index (χ4v) is 2.19. The van der Waals surface area contributed by atoms with E-state index >= 15 is 0 Å². The average Bonchev–Trinajstić information content (AvgIpc) is 2.86. The monoisotopic (exact) mass is 201 g/mol. The maximum atomic E-state index is 4.54. The minimum absolute atomic E-state index is 0.380. The molecule has 0 amide bonds. The van der Waals surface area contributed by atoms with E-state index in [9.17, 15) is 0 Å². The van der Waals surface area contributed by atoms with E-state index in [1.54, 1.807) is 0 Å². The van der Waals surface area contributed by atoms with Crippen LogP contribution in [0.15, 0.2) is 12.3 Å². The van der Waals surface area contributed by atoms with E-state index in [4.69, 9.17) is 0 Å². The van der Waals surface area contributed by atoms with Crippen LogP contribution in [0.25, 0.3) is 11.2 Å². The molecule has 0 unspecified atom stereocenters. The first-order valence-electron chi connectivity index (χ1n) is 5.40. The molecule has 0 spiro atoms. The van der Waals surface area contributed by atoms with Gasteiger partial charge >= 0.3 is 0 Å². The highest BCUT2D eigenvalue weighted by molar-refractivity contribution is 5.73. The van der Waals surface area contributed by atoms with Gasteiger partial charge in [-0.25, -0.2) is 4.98 Å². The number of fused-ring (bicyclic) bond motifs is 1. The Hall–Kier alpha value is -1.38. The summed E-state index contributed by atoms with van der Waals surface area (Å²) in [6.45, 7) is 4.30. The molecule has 2 heterocycles. The lowest BCUT2D eigenvalue weighted by atomic mass is 10.1. The number of aromatic nitrogens is 3. The van der Waals surface area contributed by atoms with E-state index in [1.165, 1.54) is 18.5 Å². The molecule has 1 aliphatic carbocycles. The van der Waals surface area contributed by atoms with Crippen molar-refractivity contribution in [2.24, 2.45) is 7.05 Å². The maximum Gasteiger partial charge on any atom is 0.158 e. The van der Waals surface area contributed by atoms with E-state index in [1.807, 2.05) is 13.1 Å². The zero-order valence-electron chi connectivity index (χ0n) is 9.41. The molecule has 0 aliphatic heterocycles. The molecule has 2 aromatic rings. The summed E-state index contributed by atoms with van der Waals surface area (Å²) in [4.78, 5) is 8.96. The van der Waals surface area contributed by atoms with Gasteiger partial charge in [-0.05, 0) is 25.8 Å². The fraction of sp³-hybridized carbons (Fsp3) is 0.500. The number of rotatable bonds is 1. The van der Waals surface area contributed by atoms with Gasteiger partial charge in [0.15, 0.2) is 5.65 Å². The van der Waals surface area contributed by atoms with Crippen LogP contribution in [0.3, 0.4) is 0 Å². The maximum absolute atomic E-state index is 4.54. The summed E-state index contributed by atoms with van der Waals surface area (Å²) in [5.41, 5.74) is 4.77. The summed E-state index contributed by atoms with van der Waals surface area (Å²) in [5.74, 6) is 0. The third-order valence-corrected chi connectivity index (χ3v) is 3.47. The molecule has 0 N–H and O–H groups in total. The van der Waals surface area contributed by atoms with E-state index in [2.05, 4.69) is 34.6 Å². The van der Waals surface area contributed by atoms with E-state index in [0.717, 1.165) is 16.9 Å². The Bertz CT molecular complexity index is 535. The summed E-state index contributed by atoms with van der Waals surface area (Å²) in [6.07, 6.45) is 4.41. The zero-order valence-corrected chi connectivity index (χ0v) is 9.41. The van der Waals surface area contributed by atoms with E-state index < -0.39 is 0 Å². The van der Waals surface area contributed by atoms with Crippen molar-refractivity contribution in [1.82, 2.24) is 14.5 Å². The number of nitrogens with zero attached hydrogens (tertiary/aromatic N) is 3. The van der Waals surface area contributed by atoms with E-state index in [0.29, 0.717) is 5.41 Å². The molecular weight excluding hydrogens is 186 g/mol. The van der Waals surface area contributed by atoms with Gasteiger partial charge in [0, 0.05) is 24.4 Å². The fourth-order valence-electron chi connectivity index (χ4n) is 2.19. The van der Waals surface area contributed by atoms with Crippen molar-refractivity contribution in [3.63, 3.8) is 0 Å². The molecule has 3 rings (SSSR count). The van der Waals surface area contributed by atoms with Crippen molar-refractivity contribution >= 4 is 11.2 Å². The van der Waals surface area contributed by atoms with Crippen molar-refractivity contribution in [3.8, 4) is 0 Å². The average molecular weight is 201 g/mol. The largest absolute Gasteiger partial charge is 0.331 e. The Balaban J connectivity index is 2.29. The first kappa shape index (κ1) is 8.89. The van der Waals surface area contributed by atoms with Gasteiger partial charge in [-0.2, -0.15) is 0 Å². The van der Waals surface area contributed by atoms with Crippen LogP contribution in [-0.2, 0) is 12.5 Å². The van der Waals surface area contributed by atoms with Gasteiger partial charge in [0.2, 0.25) is 0 Å². The van der Waals surface area contributed by atoms with Crippen molar-refractivity contribution < 1.29 is 0 Å². The standard InChI is InChI=1S/C12H15N3/c1-8-7-13-9-6-10(12(2)4-5-12)15(3)11(9)14-8/h6-7H,4-5H2,1-3H3. The molecule has 0 bridgehead atoms. The van der Waals surface area contributed by atoms with Crippen LogP contribution in [0.4, 0.5) is 0 Å². The lowest BCUT2D eigenvalue weighted by Crippen LogP contribution is -2.06. The minimum atomic E-state index is 0.380. The molecule has 0 radical (unpaired) electrons. The van der Waals surface area contributed by atoms with Crippen molar-refractivity contribution in [2.75, 3.05) is 0 Å². The summed E-state index contributed by atoms with van der Waals surface area (Å²) in [6, 6.07) is 2.19. The SMILES string of the molecule is Cc1cnc2cc(C3(C)CC3)n(C)c2n1. The lowest BCUT2D eigenvalue weighted by Gasteiger charge is -2.09. The highest BCUT2D eigenvalue weighted by Crippen LogP contribution is 2.48. The molecule has 78 valence electrons. The summed E-state index contributed by atoms with van der Waals surface area (Å²) in [5, 5.41) is 0. The molecule has 2 aromatic heterocycles. The molecule has 1 saturated carbocycles. The normalized spacial score (nSPS) is 18.3. The van der Waals surface area contributed by atoms with E-state index in [-0.39, 0.29) is 0 Å². The first-order chi connectivity index (χ1) is 7.10. The summed E-state index contributed by atoms with van der Waals surface area (Å²) in [7, 11) is 2.09. The Morgan fingerprint density at radius 3 is 2.80 bits per heavy atom. The molecular formula is C12H15N3. The second-order valence-electron chi connectivity index (χ2n) is 4.87. The topological polar surface area (TPSA) is 30.7 Å². The van der Waals surface area contributed by atoms with Gasteiger partial charge in [-0.15, -0.1) is 0 Å². The minimum Gasteiger partial charge on any atom is -0.331 e. The van der Waals surface area contributed by atoms with Crippen molar-refractivity contribution in [3.05, 3.63) is 23.7 Å². The molecule has 3 nitrogen and oxygen atoms in total. The second-order valence-corrected chi connectivity index (χ2v) is 4.87. The van der Waals surface area contributed by atoms with Crippen LogP contribution in [-0.4, -0.2) is 14.5 Å². The van der Waals surface area contributed by atoms with Crippen LogP contribution in [0.1, 0.15) is 31.2 Å².